The maximum atomic E-state index is 14.5. The average molecular weight is 968 g/mol. The summed E-state index contributed by atoms with van der Waals surface area (Å²) in [4.78, 5) is 122. The number of benzene rings is 1. The quantitative estimate of drug-likeness (QED) is 0.0292. The highest BCUT2D eigenvalue weighted by atomic mass is 16.4. The van der Waals surface area contributed by atoms with Crippen molar-refractivity contribution >= 4 is 53.3 Å². The summed E-state index contributed by atoms with van der Waals surface area (Å²) >= 11 is 0. The van der Waals surface area contributed by atoms with E-state index >= 15 is 0 Å². The highest BCUT2D eigenvalue weighted by Gasteiger charge is 2.43. The van der Waals surface area contributed by atoms with Crippen LogP contribution in [-0.2, 0) is 51.2 Å². The van der Waals surface area contributed by atoms with Crippen molar-refractivity contribution in [2.45, 2.75) is 148 Å². The summed E-state index contributed by atoms with van der Waals surface area (Å²) in [6, 6.07) is -2.53. The van der Waals surface area contributed by atoms with E-state index < -0.39 is 107 Å². The third-order valence-electron chi connectivity index (χ3n) is 12.2. The number of rotatable bonds is 27. The summed E-state index contributed by atoms with van der Waals surface area (Å²) in [5.74, 6) is -7.74. The molecule has 69 heavy (non-hydrogen) atoms. The zero-order valence-electron chi connectivity index (χ0n) is 40.8. The minimum Gasteiger partial charge on any atom is -0.508 e. The Kier molecular flexibility index (Phi) is 21.4. The van der Waals surface area contributed by atoms with Crippen molar-refractivity contribution in [1.82, 2.24) is 46.8 Å². The van der Waals surface area contributed by atoms with Gasteiger partial charge in [-0.1, -0.05) is 66.5 Å². The molecule has 1 aromatic heterocycles. The molecule has 1 aromatic carbocycles. The van der Waals surface area contributed by atoms with Crippen LogP contribution in [0.5, 0.6) is 5.75 Å². The van der Waals surface area contributed by atoms with Crippen LogP contribution >= 0.6 is 0 Å². The monoisotopic (exact) mass is 968 g/mol. The number of nitrogens with zero attached hydrogens (tertiary/aromatic N) is 3. The van der Waals surface area contributed by atoms with E-state index in [1.165, 1.54) is 43.4 Å². The Hall–Kier alpha value is -6.78. The van der Waals surface area contributed by atoms with Gasteiger partial charge in [0.1, 0.15) is 48.0 Å². The van der Waals surface area contributed by atoms with E-state index in [-0.39, 0.29) is 62.8 Å². The summed E-state index contributed by atoms with van der Waals surface area (Å²) in [5, 5.41) is 36.0. The van der Waals surface area contributed by atoms with E-state index in [1.807, 2.05) is 0 Å². The van der Waals surface area contributed by atoms with Gasteiger partial charge in [-0.25, -0.2) is 9.78 Å². The molecule has 9 atom stereocenters. The lowest BCUT2D eigenvalue weighted by atomic mass is 9.94. The number of phenolic OH excluding ortho intramolecular Hbond substituents is 1. The van der Waals surface area contributed by atoms with Crippen LogP contribution in [0.3, 0.4) is 0 Å². The molecule has 0 bridgehead atoms. The fraction of sp³-hybridized carbons (Fsp3) is 0.609. The molecule has 1 fully saturated rings. The number of aromatic amines is 1. The third kappa shape index (κ3) is 17.0. The molecule has 0 radical (unpaired) electrons. The fourth-order valence-electron chi connectivity index (χ4n) is 7.33. The van der Waals surface area contributed by atoms with Crippen LogP contribution in [0.15, 0.2) is 41.8 Å². The Balaban J connectivity index is 1.92. The Morgan fingerprint density at radius 2 is 1.38 bits per heavy atom. The van der Waals surface area contributed by atoms with Crippen LogP contribution in [-0.4, -0.2) is 139 Å². The summed E-state index contributed by atoms with van der Waals surface area (Å²) < 4.78 is 0. The standard InChI is InChI=1S/C46H73N13O10/c1-9-25(5)35(41(65)54-32(21-28-22-50-23-52-28)42(66)59-19-17-33(59)39(63)58-36(43(67)68)26(6)10-2)57-38(62)31(20-27-13-15-29(60)16-14-27)53-40(64)34(24(3)4)56-37(61)30(12-11-18-51-45(47)48)55-44(69)46(7,8)49/h13-16,22-26,30-36,60H,9-12,17-21,49H2,1-8H3,(H,50,52)(H,53,64)(H,54,65)(H,55,69)(H,56,61)(H,57,62)(H,58,63)(H,67,68)(H4,47,48,51)/t25-,26-,30-,31-,32-,33-,34-,35-,36-/m0/s1. The van der Waals surface area contributed by atoms with Crippen molar-refractivity contribution in [3.8, 4) is 5.75 Å². The van der Waals surface area contributed by atoms with Crippen molar-refractivity contribution < 1.29 is 48.6 Å². The zero-order valence-corrected chi connectivity index (χ0v) is 40.8. The molecule has 3 rings (SSSR count). The molecular weight excluding hydrogens is 895 g/mol. The number of carbonyl (C=O) groups is 8. The molecule has 2 heterocycles. The molecule has 1 saturated heterocycles. The number of H-pyrrole nitrogens is 1. The Bertz CT molecular complexity index is 2110. The first-order chi connectivity index (χ1) is 32.4. The number of aliphatic imine (C=N–C) groups is 1. The number of phenols is 1. The lowest BCUT2D eigenvalue weighted by Crippen LogP contribution is -2.65. The minimum atomic E-state index is -1.36. The lowest BCUT2D eigenvalue weighted by molar-refractivity contribution is -0.152. The molecule has 1 aliphatic heterocycles. The number of guanidine groups is 1. The van der Waals surface area contributed by atoms with Crippen molar-refractivity contribution in [2.75, 3.05) is 13.1 Å². The number of likely N-dealkylation sites (tertiary alicyclic amines) is 1. The molecule has 23 nitrogen and oxygen atoms in total. The molecular formula is C46H73N13O10. The number of nitrogens with two attached hydrogens (primary N) is 3. The Morgan fingerprint density at radius 1 is 0.797 bits per heavy atom. The number of hydrogen-bond acceptors (Lipinski definition) is 12. The van der Waals surface area contributed by atoms with Gasteiger partial charge in [0, 0.05) is 37.8 Å². The van der Waals surface area contributed by atoms with Crippen LogP contribution in [0.1, 0.15) is 98.8 Å². The molecule has 0 aliphatic carbocycles. The van der Waals surface area contributed by atoms with E-state index in [9.17, 15) is 48.6 Å². The van der Waals surface area contributed by atoms with Crippen LogP contribution in [0.25, 0.3) is 0 Å². The normalized spacial score (nSPS) is 17.0. The number of carboxylic acid groups (broad SMARTS) is 1. The van der Waals surface area contributed by atoms with Gasteiger partial charge in [-0.05, 0) is 68.6 Å². The first-order valence-corrected chi connectivity index (χ1v) is 23.3. The summed E-state index contributed by atoms with van der Waals surface area (Å²) in [6.45, 7) is 13.6. The van der Waals surface area contributed by atoms with Crippen molar-refractivity contribution in [3.63, 3.8) is 0 Å². The topological polar surface area (TPSA) is 372 Å². The SMILES string of the molecule is CC[C@H](C)[C@H](NC(=O)[C@@H]1CCN1C(=O)[C@H](Cc1cnc[nH]1)NC(=O)[C@@H](NC(=O)[C@H](Cc1ccc(O)cc1)NC(=O)[C@@H](NC(=O)[C@H](CCCN=C(N)N)NC(=O)C(C)(C)N)C(C)C)[C@@H](C)CC)C(=O)O. The van der Waals surface area contributed by atoms with Gasteiger partial charge in [0.15, 0.2) is 5.96 Å². The van der Waals surface area contributed by atoms with Crippen molar-refractivity contribution in [3.05, 3.63) is 48.0 Å². The van der Waals surface area contributed by atoms with Gasteiger partial charge < -0.3 is 69.2 Å². The van der Waals surface area contributed by atoms with Crippen LogP contribution in [0.4, 0.5) is 0 Å². The highest BCUT2D eigenvalue weighted by Crippen LogP contribution is 2.22. The number of aromatic nitrogens is 2. The predicted octanol–water partition coefficient (Wildman–Crippen LogP) is -0.966. The van der Waals surface area contributed by atoms with E-state index in [0.29, 0.717) is 24.1 Å². The Morgan fingerprint density at radius 3 is 1.90 bits per heavy atom. The van der Waals surface area contributed by atoms with Crippen LogP contribution in [0.2, 0.25) is 0 Å². The van der Waals surface area contributed by atoms with Gasteiger partial charge in [0.2, 0.25) is 41.4 Å². The summed E-state index contributed by atoms with van der Waals surface area (Å²) in [6.07, 6.45) is 4.16. The average Bonchev–Trinajstić information content (AvgIpc) is 3.79. The van der Waals surface area contributed by atoms with E-state index in [4.69, 9.17) is 17.2 Å². The first kappa shape index (κ1) is 56.5. The Labute approximate surface area is 402 Å². The lowest BCUT2D eigenvalue weighted by Gasteiger charge is -2.42. The number of imidazole rings is 1. The van der Waals surface area contributed by atoms with Gasteiger partial charge >= 0.3 is 5.97 Å². The van der Waals surface area contributed by atoms with Crippen LogP contribution in [0, 0.1) is 17.8 Å². The minimum absolute atomic E-state index is 0.0437. The molecule has 0 unspecified atom stereocenters. The largest absolute Gasteiger partial charge is 0.508 e. The molecule has 382 valence electrons. The van der Waals surface area contributed by atoms with E-state index in [2.05, 4.69) is 46.9 Å². The van der Waals surface area contributed by atoms with Gasteiger partial charge in [-0.15, -0.1) is 0 Å². The number of carbonyl (C=O) groups excluding carboxylic acids is 7. The molecule has 15 N–H and O–H groups in total. The summed E-state index contributed by atoms with van der Waals surface area (Å²) in [7, 11) is 0. The number of aliphatic carboxylic acids is 1. The molecule has 0 spiro atoms. The van der Waals surface area contributed by atoms with Gasteiger partial charge in [0.25, 0.3) is 0 Å². The predicted molar refractivity (Wildman–Crippen MR) is 255 cm³/mol. The van der Waals surface area contributed by atoms with E-state index in [1.54, 1.807) is 53.7 Å². The van der Waals surface area contributed by atoms with Gasteiger partial charge in [-0.2, -0.15) is 0 Å². The second kappa shape index (κ2) is 26.1. The van der Waals surface area contributed by atoms with Gasteiger partial charge in [-0.3, -0.25) is 38.6 Å². The number of nitrogens with one attached hydrogen (secondary N) is 7. The second-order valence-electron chi connectivity index (χ2n) is 18.6. The molecule has 1 aliphatic rings. The maximum Gasteiger partial charge on any atom is 0.326 e. The maximum absolute atomic E-state index is 14.5. The number of hydrogen-bond donors (Lipinski definition) is 12. The molecule has 0 saturated carbocycles. The highest BCUT2D eigenvalue weighted by molar-refractivity contribution is 5.98. The third-order valence-corrected chi connectivity index (χ3v) is 12.2. The fourth-order valence-corrected chi connectivity index (χ4v) is 7.33. The number of carboxylic acids is 1. The van der Waals surface area contributed by atoms with Crippen molar-refractivity contribution in [1.29, 1.82) is 0 Å². The summed E-state index contributed by atoms with van der Waals surface area (Å²) in [5.41, 5.74) is 16.5. The molecule has 23 heteroatoms. The second-order valence-corrected chi connectivity index (χ2v) is 18.6. The zero-order chi connectivity index (χ0) is 51.7. The van der Waals surface area contributed by atoms with E-state index in [0.717, 1.165) is 0 Å². The van der Waals surface area contributed by atoms with Crippen molar-refractivity contribution in [2.24, 2.45) is 39.9 Å². The molecule has 7 amide bonds. The number of amides is 7. The van der Waals surface area contributed by atoms with Crippen LogP contribution < -0.4 is 49.1 Å². The molecule has 2 aromatic rings. The first-order valence-electron chi connectivity index (χ1n) is 23.3. The van der Waals surface area contributed by atoms with Gasteiger partial charge in [0.05, 0.1) is 11.9 Å². The number of aromatic hydroxyl groups is 1. The smallest absolute Gasteiger partial charge is 0.326 e.